The molecule has 0 fully saturated rings. The first-order chi connectivity index (χ1) is 13.0. The number of anilines is 1. The van der Waals surface area contributed by atoms with Crippen LogP contribution in [0, 0.1) is 10.1 Å². The van der Waals surface area contributed by atoms with E-state index in [9.17, 15) is 19.7 Å². The summed E-state index contributed by atoms with van der Waals surface area (Å²) in [7, 11) is 0. The van der Waals surface area contributed by atoms with Gasteiger partial charge in [-0.1, -0.05) is 36.4 Å². The number of nitrogens with one attached hydrogen (secondary N) is 1. The number of hydrogen-bond acceptors (Lipinski definition) is 5. The SMILES string of the molecule is O=C(Nc1cccc2ccccc12)c1cc2cc([N+](=O)[O-])ccc2oc1=O. The lowest BCUT2D eigenvalue weighted by atomic mass is 10.1. The Balaban J connectivity index is 1.76. The minimum absolute atomic E-state index is 0.156. The van der Waals surface area contributed by atoms with Crippen molar-refractivity contribution in [3.05, 3.63) is 92.8 Å². The van der Waals surface area contributed by atoms with E-state index in [4.69, 9.17) is 4.42 Å². The average molecular weight is 360 g/mol. The Morgan fingerprint density at radius 1 is 0.963 bits per heavy atom. The molecule has 0 aliphatic rings. The molecule has 0 unspecified atom stereocenters. The number of hydrogen-bond donors (Lipinski definition) is 1. The van der Waals surface area contributed by atoms with Gasteiger partial charge < -0.3 is 9.73 Å². The maximum atomic E-state index is 12.6. The fourth-order valence-electron chi connectivity index (χ4n) is 2.91. The molecule has 0 bridgehead atoms. The first kappa shape index (κ1) is 16.5. The van der Waals surface area contributed by atoms with Crippen molar-refractivity contribution in [2.45, 2.75) is 0 Å². The quantitative estimate of drug-likeness (QED) is 0.336. The van der Waals surface area contributed by atoms with Crippen LogP contribution in [0.5, 0.6) is 0 Å². The van der Waals surface area contributed by atoms with Gasteiger partial charge in [-0.05, 0) is 23.6 Å². The third-order valence-corrected chi connectivity index (χ3v) is 4.21. The van der Waals surface area contributed by atoms with Gasteiger partial charge in [0.2, 0.25) is 0 Å². The van der Waals surface area contributed by atoms with Crippen molar-refractivity contribution in [1.29, 1.82) is 0 Å². The molecule has 0 radical (unpaired) electrons. The van der Waals surface area contributed by atoms with Gasteiger partial charge in [-0.25, -0.2) is 4.79 Å². The van der Waals surface area contributed by atoms with Crippen molar-refractivity contribution in [1.82, 2.24) is 0 Å². The Morgan fingerprint density at radius 3 is 2.56 bits per heavy atom. The summed E-state index contributed by atoms with van der Waals surface area (Å²) in [6, 6.07) is 18.1. The van der Waals surface area contributed by atoms with Gasteiger partial charge in [-0.15, -0.1) is 0 Å². The average Bonchev–Trinajstić information content (AvgIpc) is 2.67. The second kappa shape index (κ2) is 6.38. The van der Waals surface area contributed by atoms with Crippen molar-refractivity contribution in [3.8, 4) is 0 Å². The van der Waals surface area contributed by atoms with Crippen LogP contribution in [-0.2, 0) is 0 Å². The topological polar surface area (TPSA) is 102 Å². The molecular weight excluding hydrogens is 348 g/mol. The van der Waals surface area contributed by atoms with E-state index in [0.29, 0.717) is 11.1 Å². The molecule has 0 spiro atoms. The molecule has 0 saturated carbocycles. The molecule has 1 N–H and O–H groups in total. The number of fused-ring (bicyclic) bond motifs is 2. The lowest BCUT2D eigenvalue weighted by Gasteiger charge is -2.08. The van der Waals surface area contributed by atoms with Crippen LogP contribution in [0.25, 0.3) is 21.7 Å². The third-order valence-electron chi connectivity index (χ3n) is 4.21. The number of nitrogens with zero attached hydrogens (tertiary/aromatic N) is 1. The van der Waals surface area contributed by atoms with Crippen LogP contribution in [0.2, 0.25) is 0 Å². The van der Waals surface area contributed by atoms with Gasteiger partial charge in [0.25, 0.3) is 11.6 Å². The van der Waals surface area contributed by atoms with Gasteiger partial charge in [0, 0.05) is 28.6 Å². The van der Waals surface area contributed by atoms with Gasteiger partial charge in [-0.2, -0.15) is 0 Å². The van der Waals surface area contributed by atoms with Crippen LogP contribution in [0.3, 0.4) is 0 Å². The van der Waals surface area contributed by atoms with E-state index in [0.717, 1.165) is 10.8 Å². The summed E-state index contributed by atoms with van der Waals surface area (Å²) in [6.45, 7) is 0. The number of non-ortho nitro benzene ring substituents is 1. The highest BCUT2D eigenvalue weighted by molar-refractivity contribution is 6.09. The van der Waals surface area contributed by atoms with Gasteiger partial charge in [0.15, 0.2) is 0 Å². The van der Waals surface area contributed by atoms with Crippen LogP contribution < -0.4 is 10.9 Å². The third kappa shape index (κ3) is 3.02. The minimum atomic E-state index is -0.811. The van der Waals surface area contributed by atoms with Crippen LogP contribution >= 0.6 is 0 Å². The summed E-state index contributed by atoms with van der Waals surface area (Å²) in [5.74, 6) is -0.645. The molecule has 0 atom stereocenters. The van der Waals surface area contributed by atoms with E-state index in [1.54, 1.807) is 12.1 Å². The molecule has 27 heavy (non-hydrogen) atoms. The van der Waals surface area contributed by atoms with E-state index < -0.39 is 16.5 Å². The molecule has 1 aromatic heterocycles. The summed E-state index contributed by atoms with van der Waals surface area (Å²) >= 11 is 0. The zero-order valence-electron chi connectivity index (χ0n) is 13.8. The maximum Gasteiger partial charge on any atom is 0.349 e. The summed E-state index contributed by atoms with van der Waals surface area (Å²) in [5.41, 5.74) is -0.467. The number of carbonyl (C=O) groups is 1. The molecule has 132 valence electrons. The molecule has 0 saturated heterocycles. The minimum Gasteiger partial charge on any atom is -0.422 e. The van der Waals surface area contributed by atoms with Crippen LogP contribution in [-0.4, -0.2) is 10.8 Å². The second-order valence-corrected chi connectivity index (χ2v) is 5.91. The van der Waals surface area contributed by atoms with Crippen molar-refractivity contribution in [2.24, 2.45) is 0 Å². The fourth-order valence-corrected chi connectivity index (χ4v) is 2.91. The molecule has 4 rings (SSSR count). The van der Waals surface area contributed by atoms with Crippen LogP contribution in [0.1, 0.15) is 10.4 Å². The van der Waals surface area contributed by atoms with Crippen LogP contribution in [0.15, 0.2) is 75.9 Å². The van der Waals surface area contributed by atoms with E-state index in [2.05, 4.69) is 5.32 Å². The Bertz CT molecular complexity index is 1270. The van der Waals surface area contributed by atoms with E-state index in [1.807, 2.05) is 30.3 Å². The molecule has 1 heterocycles. The van der Waals surface area contributed by atoms with Crippen LogP contribution in [0.4, 0.5) is 11.4 Å². The van der Waals surface area contributed by atoms with Gasteiger partial charge in [0.1, 0.15) is 11.1 Å². The summed E-state index contributed by atoms with van der Waals surface area (Å²) in [6.07, 6.45) is 0. The molecule has 7 heteroatoms. The highest BCUT2D eigenvalue weighted by atomic mass is 16.6. The highest BCUT2D eigenvalue weighted by Gasteiger charge is 2.16. The fraction of sp³-hybridized carbons (Fsp3) is 0. The molecule has 4 aromatic rings. The number of nitro benzene ring substituents is 1. The smallest absolute Gasteiger partial charge is 0.349 e. The Kier molecular flexibility index (Phi) is 3.89. The standard InChI is InChI=1S/C20H12N2O5/c23-19(21-17-7-3-5-12-4-1-2-6-15(12)17)16-11-13-10-14(22(25)26)8-9-18(13)27-20(16)24/h1-11H,(H,21,23). The number of rotatable bonds is 3. The molecule has 0 aliphatic carbocycles. The summed E-state index contributed by atoms with van der Waals surface area (Å²) in [5, 5.41) is 15.7. The first-order valence-electron chi connectivity index (χ1n) is 8.04. The van der Waals surface area contributed by atoms with Gasteiger partial charge in [0.05, 0.1) is 4.92 Å². The lowest BCUT2D eigenvalue weighted by molar-refractivity contribution is -0.384. The predicted octanol–water partition coefficient (Wildman–Crippen LogP) is 4.11. The lowest BCUT2D eigenvalue weighted by Crippen LogP contribution is -2.20. The monoisotopic (exact) mass is 360 g/mol. The van der Waals surface area contributed by atoms with Gasteiger partial charge >= 0.3 is 5.63 Å². The molecule has 3 aromatic carbocycles. The highest BCUT2D eigenvalue weighted by Crippen LogP contribution is 2.24. The van der Waals surface area contributed by atoms with E-state index in [-0.39, 0.29) is 16.8 Å². The number of amides is 1. The Labute approximate surface area is 152 Å². The van der Waals surface area contributed by atoms with Gasteiger partial charge in [-0.3, -0.25) is 14.9 Å². The van der Waals surface area contributed by atoms with Crippen molar-refractivity contribution in [3.63, 3.8) is 0 Å². The van der Waals surface area contributed by atoms with E-state index >= 15 is 0 Å². The molecule has 0 aliphatic heterocycles. The number of carbonyl (C=O) groups excluding carboxylic acids is 1. The number of nitro groups is 1. The van der Waals surface area contributed by atoms with Crippen molar-refractivity contribution >= 4 is 39.0 Å². The zero-order valence-corrected chi connectivity index (χ0v) is 13.8. The Hall–Kier alpha value is -4.00. The predicted molar refractivity (Wildman–Crippen MR) is 101 cm³/mol. The summed E-state index contributed by atoms with van der Waals surface area (Å²) in [4.78, 5) is 35.2. The number of benzene rings is 3. The Morgan fingerprint density at radius 2 is 1.74 bits per heavy atom. The largest absolute Gasteiger partial charge is 0.422 e. The van der Waals surface area contributed by atoms with Crippen molar-refractivity contribution in [2.75, 3.05) is 5.32 Å². The summed E-state index contributed by atoms with van der Waals surface area (Å²) < 4.78 is 5.13. The van der Waals surface area contributed by atoms with Crippen molar-refractivity contribution < 1.29 is 14.1 Å². The zero-order chi connectivity index (χ0) is 19.0. The van der Waals surface area contributed by atoms with E-state index in [1.165, 1.54) is 24.3 Å². The molecule has 7 nitrogen and oxygen atoms in total. The second-order valence-electron chi connectivity index (χ2n) is 5.91. The normalized spacial score (nSPS) is 10.8. The molecular formula is C20H12N2O5. The molecule has 1 amide bonds. The first-order valence-corrected chi connectivity index (χ1v) is 8.04. The maximum absolute atomic E-state index is 12.6.